The normalized spacial score (nSPS) is 22.1. The number of ether oxygens (including phenoxy) is 2. The Hall–Kier alpha value is -1.77. The molecule has 0 spiro atoms. The Bertz CT molecular complexity index is 739. The van der Waals surface area contributed by atoms with Crippen LogP contribution in [0.5, 0.6) is 0 Å². The smallest absolute Gasteiger partial charge is 0.270 e. The predicted molar refractivity (Wildman–Crippen MR) is 120 cm³/mol. The molecule has 0 aromatic carbocycles. The molecule has 3 aliphatic rings. The van der Waals surface area contributed by atoms with E-state index >= 15 is 0 Å². The van der Waals surface area contributed by atoms with Gasteiger partial charge in [0.2, 0.25) is 5.95 Å². The summed E-state index contributed by atoms with van der Waals surface area (Å²) in [7, 11) is 0. The van der Waals surface area contributed by atoms with Crippen LogP contribution in [0.1, 0.15) is 61.6 Å². The van der Waals surface area contributed by atoms with Crippen LogP contribution in [0, 0.1) is 5.41 Å². The molecule has 0 bridgehead atoms. The van der Waals surface area contributed by atoms with Crippen molar-refractivity contribution in [1.29, 1.82) is 0 Å². The number of nitrogens with zero attached hydrogens (tertiary/aromatic N) is 4. The molecule has 0 atom stereocenters. The maximum Gasteiger partial charge on any atom is 0.270 e. The van der Waals surface area contributed by atoms with Gasteiger partial charge in [-0.3, -0.25) is 4.79 Å². The molecule has 8 heteroatoms. The van der Waals surface area contributed by atoms with Gasteiger partial charge in [-0.15, -0.1) is 0 Å². The molecule has 0 radical (unpaired) electrons. The summed E-state index contributed by atoms with van der Waals surface area (Å²) in [6.45, 7) is 12.6. The Kier molecular flexibility index (Phi) is 7.40. The first-order valence-electron chi connectivity index (χ1n) is 11.8. The van der Waals surface area contributed by atoms with Crippen LogP contribution in [0.4, 0.5) is 5.95 Å². The second-order valence-electron chi connectivity index (χ2n) is 9.51. The van der Waals surface area contributed by atoms with Crippen molar-refractivity contribution < 1.29 is 14.3 Å². The maximum absolute atomic E-state index is 13.2. The fourth-order valence-corrected chi connectivity index (χ4v) is 4.74. The van der Waals surface area contributed by atoms with Gasteiger partial charge in [-0.25, -0.2) is 9.97 Å². The first kappa shape index (κ1) is 22.4. The van der Waals surface area contributed by atoms with Crippen molar-refractivity contribution in [3.63, 3.8) is 0 Å². The number of rotatable bonds is 7. The molecular formula is C23H37N5O3. The SMILES string of the molecule is CC(C)c1cc(C(=O)NCC2(CN3CCCC3)CCOCC2)nc(N2CCOCC2)n1. The van der Waals surface area contributed by atoms with Gasteiger partial charge in [-0.1, -0.05) is 13.8 Å². The second kappa shape index (κ2) is 10.2. The molecule has 1 aromatic heterocycles. The number of hydrogen-bond donors (Lipinski definition) is 1. The third kappa shape index (κ3) is 5.73. The fraction of sp³-hybridized carbons (Fsp3) is 0.783. The second-order valence-corrected chi connectivity index (χ2v) is 9.51. The zero-order valence-electron chi connectivity index (χ0n) is 19.1. The van der Waals surface area contributed by atoms with Crippen molar-refractivity contribution >= 4 is 11.9 Å². The summed E-state index contributed by atoms with van der Waals surface area (Å²) in [5, 5.41) is 3.23. The summed E-state index contributed by atoms with van der Waals surface area (Å²) in [4.78, 5) is 27.2. The van der Waals surface area contributed by atoms with Crippen LogP contribution >= 0.6 is 0 Å². The molecule has 1 amide bonds. The molecule has 3 saturated heterocycles. The minimum atomic E-state index is -0.105. The maximum atomic E-state index is 13.2. The standard InChI is InChI=1S/C23H37N5O3/c1-18(2)19-15-20(26-22(25-19)28-9-13-31-14-10-28)21(29)24-16-23(5-11-30-12-6-23)17-27-7-3-4-8-27/h15,18H,3-14,16-17H2,1-2H3,(H,24,29). The zero-order chi connectivity index (χ0) is 21.7. The lowest BCUT2D eigenvalue weighted by molar-refractivity contribution is -0.000654. The molecule has 4 heterocycles. The van der Waals surface area contributed by atoms with Crippen molar-refractivity contribution in [2.45, 2.75) is 45.4 Å². The average Bonchev–Trinajstić information content (AvgIpc) is 3.31. The minimum absolute atomic E-state index is 0.0825. The summed E-state index contributed by atoms with van der Waals surface area (Å²) >= 11 is 0. The monoisotopic (exact) mass is 431 g/mol. The molecule has 0 unspecified atom stereocenters. The molecule has 0 saturated carbocycles. The zero-order valence-corrected chi connectivity index (χ0v) is 19.1. The Labute approximate surface area is 185 Å². The van der Waals surface area contributed by atoms with Gasteiger partial charge in [0.25, 0.3) is 5.91 Å². The topological polar surface area (TPSA) is 79.8 Å². The molecule has 3 fully saturated rings. The van der Waals surface area contributed by atoms with Gasteiger partial charge in [0, 0.05) is 50.5 Å². The van der Waals surface area contributed by atoms with E-state index in [0.29, 0.717) is 31.4 Å². The van der Waals surface area contributed by atoms with Gasteiger partial charge >= 0.3 is 0 Å². The van der Waals surface area contributed by atoms with Crippen LogP contribution < -0.4 is 10.2 Å². The van der Waals surface area contributed by atoms with E-state index in [0.717, 1.165) is 51.4 Å². The van der Waals surface area contributed by atoms with Crippen LogP contribution in [-0.2, 0) is 9.47 Å². The van der Waals surface area contributed by atoms with E-state index in [-0.39, 0.29) is 17.2 Å². The number of hydrogen-bond acceptors (Lipinski definition) is 7. The van der Waals surface area contributed by atoms with E-state index in [1.165, 1.54) is 25.9 Å². The number of anilines is 1. The number of morpholine rings is 1. The molecule has 1 N–H and O–H groups in total. The first-order chi connectivity index (χ1) is 15.0. The van der Waals surface area contributed by atoms with E-state index < -0.39 is 0 Å². The number of amides is 1. The van der Waals surface area contributed by atoms with Crippen LogP contribution in [0.25, 0.3) is 0 Å². The number of likely N-dealkylation sites (tertiary alicyclic amines) is 1. The largest absolute Gasteiger partial charge is 0.381 e. The van der Waals surface area contributed by atoms with Gasteiger partial charge in [0.15, 0.2) is 0 Å². The van der Waals surface area contributed by atoms with Gasteiger partial charge < -0.3 is 24.6 Å². The highest BCUT2D eigenvalue weighted by Gasteiger charge is 2.35. The van der Waals surface area contributed by atoms with E-state index in [9.17, 15) is 4.79 Å². The third-order valence-corrected chi connectivity index (χ3v) is 6.79. The summed E-state index contributed by atoms with van der Waals surface area (Å²) in [6.07, 6.45) is 4.54. The Morgan fingerprint density at radius 2 is 1.74 bits per heavy atom. The highest BCUT2D eigenvalue weighted by atomic mass is 16.5. The van der Waals surface area contributed by atoms with Gasteiger partial charge in [0.05, 0.1) is 13.2 Å². The summed E-state index contributed by atoms with van der Waals surface area (Å²) in [5.74, 6) is 0.759. The molecule has 1 aromatic rings. The van der Waals surface area contributed by atoms with E-state index in [2.05, 4.69) is 33.9 Å². The molecule has 31 heavy (non-hydrogen) atoms. The molecular weight excluding hydrogens is 394 g/mol. The summed E-state index contributed by atoms with van der Waals surface area (Å²) in [6, 6.07) is 1.85. The summed E-state index contributed by atoms with van der Waals surface area (Å²) < 4.78 is 11.1. The predicted octanol–water partition coefficient (Wildman–Crippen LogP) is 2.06. The number of aromatic nitrogens is 2. The van der Waals surface area contributed by atoms with Crippen molar-refractivity contribution in [2.24, 2.45) is 5.41 Å². The van der Waals surface area contributed by atoms with Crippen LogP contribution in [-0.4, -0.2) is 86.5 Å². The van der Waals surface area contributed by atoms with E-state index in [4.69, 9.17) is 14.5 Å². The quantitative estimate of drug-likeness (QED) is 0.708. The van der Waals surface area contributed by atoms with Crippen molar-refractivity contribution in [3.05, 3.63) is 17.5 Å². The Balaban J connectivity index is 1.47. The van der Waals surface area contributed by atoms with E-state index in [1.54, 1.807) is 0 Å². The lowest BCUT2D eigenvalue weighted by atomic mass is 9.79. The van der Waals surface area contributed by atoms with Gasteiger partial charge in [-0.2, -0.15) is 0 Å². The lowest BCUT2D eigenvalue weighted by Gasteiger charge is -2.40. The lowest BCUT2D eigenvalue weighted by Crippen LogP contribution is -2.48. The van der Waals surface area contributed by atoms with Crippen LogP contribution in [0.15, 0.2) is 6.07 Å². The van der Waals surface area contributed by atoms with Crippen molar-refractivity contribution in [2.75, 3.05) is 70.6 Å². The molecule has 0 aliphatic carbocycles. The first-order valence-corrected chi connectivity index (χ1v) is 11.8. The van der Waals surface area contributed by atoms with Crippen LogP contribution in [0.3, 0.4) is 0 Å². The number of nitrogens with one attached hydrogen (secondary N) is 1. The minimum Gasteiger partial charge on any atom is -0.381 e. The van der Waals surface area contributed by atoms with Gasteiger partial charge in [0.1, 0.15) is 5.69 Å². The number of carbonyl (C=O) groups is 1. The third-order valence-electron chi connectivity index (χ3n) is 6.79. The van der Waals surface area contributed by atoms with Crippen LogP contribution in [0.2, 0.25) is 0 Å². The fourth-order valence-electron chi connectivity index (χ4n) is 4.74. The number of carbonyl (C=O) groups excluding carboxylic acids is 1. The molecule has 172 valence electrons. The average molecular weight is 432 g/mol. The molecule has 4 rings (SSSR count). The highest BCUT2D eigenvalue weighted by Crippen LogP contribution is 2.32. The Morgan fingerprint density at radius 1 is 1.06 bits per heavy atom. The summed E-state index contributed by atoms with van der Waals surface area (Å²) in [5.41, 5.74) is 1.45. The highest BCUT2D eigenvalue weighted by molar-refractivity contribution is 5.92. The van der Waals surface area contributed by atoms with E-state index in [1.807, 2.05) is 6.07 Å². The van der Waals surface area contributed by atoms with Gasteiger partial charge in [-0.05, 0) is 50.8 Å². The molecule has 8 nitrogen and oxygen atoms in total. The molecule has 3 aliphatic heterocycles. The Morgan fingerprint density at radius 3 is 2.42 bits per heavy atom. The van der Waals surface area contributed by atoms with Crippen molar-refractivity contribution in [3.8, 4) is 0 Å². The van der Waals surface area contributed by atoms with Crippen molar-refractivity contribution in [1.82, 2.24) is 20.2 Å².